The van der Waals surface area contributed by atoms with Gasteiger partial charge in [-0.2, -0.15) is 0 Å². The minimum Gasteiger partial charge on any atom is -0.497 e. The number of ether oxygens (including phenoxy) is 3. The van der Waals surface area contributed by atoms with Gasteiger partial charge in [0.05, 0.1) is 13.7 Å². The van der Waals surface area contributed by atoms with Crippen LogP contribution in [0.3, 0.4) is 0 Å². The Hall–Kier alpha value is -3.47. The summed E-state index contributed by atoms with van der Waals surface area (Å²) < 4.78 is 16.3. The van der Waals surface area contributed by atoms with Crippen LogP contribution in [-0.2, 0) is 0 Å². The van der Waals surface area contributed by atoms with E-state index in [4.69, 9.17) is 14.2 Å². The zero-order chi connectivity index (χ0) is 19.1. The second-order valence-corrected chi connectivity index (χ2v) is 5.71. The van der Waals surface area contributed by atoms with Crippen LogP contribution in [0.4, 0.5) is 5.69 Å². The maximum atomic E-state index is 12.3. The van der Waals surface area contributed by atoms with E-state index in [0.29, 0.717) is 35.1 Å². The molecule has 0 aliphatic carbocycles. The van der Waals surface area contributed by atoms with Crippen molar-refractivity contribution in [2.45, 2.75) is 6.92 Å². The Labute approximate surface area is 158 Å². The Kier molecular flexibility index (Phi) is 5.94. The first-order valence-electron chi connectivity index (χ1n) is 8.64. The number of anilines is 1. The molecule has 3 aromatic carbocycles. The monoisotopic (exact) mass is 363 g/mol. The number of carbonyl (C=O) groups excluding carboxylic acids is 1. The summed E-state index contributed by atoms with van der Waals surface area (Å²) in [5, 5.41) is 2.86. The summed E-state index contributed by atoms with van der Waals surface area (Å²) in [5.74, 6) is 2.73. The van der Waals surface area contributed by atoms with Crippen molar-refractivity contribution in [3.05, 3.63) is 78.4 Å². The highest BCUT2D eigenvalue weighted by Gasteiger charge is 2.07. The van der Waals surface area contributed by atoms with Gasteiger partial charge in [0.25, 0.3) is 5.91 Å². The van der Waals surface area contributed by atoms with Gasteiger partial charge in [0.15, 0.2) is 0 Å². The molecule has 0 atom stereocenters. The normalized spacial score (nSPS) is 10.1. The second kappa shape index (κ2) is 8.76. The zero-order valence-corrected chi connectivity index (χ0v) is 15.3. The molecular weight excluding hydrogens is 342 g/mol. The molecule has 0 saturated heterocycles. The fourth-order valence-electron chi connectivity index (χ4n) is 2.46. The van der Waals surface area contributed by atoms with Crippen molar-refractivity contribution < 1.29 is 19.0 Å². The minimum absolute atomic E-state index is 0.183. The lowest BCUT2D eigenvalue weighted by atomic mass is 10.2. The number of nitrogens with one attached hydrogen (secondary N) is 1. The first-order valence-corrected chi connectivity index (χ1v) is 8.64. The molecule has 27 heavy (non-hydrogen) atoms. The molecule has 0 radical (unpaired) electrons. The molecule has 0 fully saturated rings. The Morgan fingerprint density at radius 3 is 1.85 bits per heavy atom. The van der Waals surface area contributed by atoms with Crippen LogP contribution >= 0.6 is 0 Å². The Morgan fingerprint density at radius 1 is 0.778 bits per heavy atom. The lowest BCUT2D eigenvalue weighted by molar-refractivity contribution is 0.102. The van der Waals surface area contributed by atoms with Crippen LogP contribution in [0.15, 0.2) is 72.8 Å². The molecule has 0 aliphatic rings. The van der Waals surface area contributed by atoms with Gasteiger partial charge in [0.2, 0.25) is 0 Å². The molecular formula is C22H21NO4. The van der Waals surface area contributed by atoms with Crippen molar-refractivity contribution in [2.24, 2.45) is 0 Å². The smallest absolute Gasteiger partial charge is 0.255 e. The molecule has 0 spiro atoms. The van der Waals surface area contributed by atoms with Crippen molar-refractivity contribution in [3.8, 4) is 23.0 Å². The lowest BCUT2D eigenvalue weighted by Gasteiger charge is -2.09. The molecule has 1 N–H and O–H groups in total. The third-order valence-electron chi connectivity index (χ3n) is 3.83. The first-order chi connectivity index (χ1) is 13.2. The van der Waals surface area contributed by atoms with E-state index in [2.05, 4.69) is 5.32 Å². The van der Waals surface area contributed by atoms with Gasteiger partial charge in [-0.3, -0.25) is 4.79 Å². The van der Waals surface area contributed by atoms with Crippen LogP contribution in [0.5, 0.6) is 23.0 Å². The summed E-state index contributed by atoms with van der Waals surface area (Å²) >= 11 is 0. The summed E-state index contributed by atoms with van der Waals surface area (Å²) in [5.41, 5.74) is 1.25. The van der Waals surface area contributed by atoms with Crippen LogP contribution in [0.2, 0.25) is 0 Å². The lowest BCUT2D eigenvalue weighted by Crippen LogP contribution is -2.11. The maximum Gasteiger partial charge on any atom is 0.255 e. The maximum absolute atomic E-state index is 12.3. The van der Waals surface area contributed by atoms with E-state index < -0.39 is 0 Å². The summed E-state index contributed by atoms with van der Waals surface area (Å²) in [4.78, 5) is 12.3. The van der Waals surface area contributed by atoms with Crippen molar-refractivity contribution in [2.75, 3.05) is 19.0 Å². The summed E-state index contributed by atoms with van der Waals surface area (Å²) in [6.45, 7) is 2.57. The third kappa shape index (κ3) is 5.01. The topological polar surface area (TPSA) is 56.8 Å². The van der Waals surface area contributed by atoms with Gasteiger partial charge in [-0.15, -0.1) is 0 Å². The fourth-order valence-corrected chi connectivity index (χ4v) is 2.46. The quantitative estimate of drug-likeness (QED) is 0.631. The predicted octanol–water partition coefficient (Wildman–Crippen LogP) is 5.14. The first kappa shape index (κ1) is 18.3. The van der Waals surface area contributed by atoms with Crippen LogP contribution in [0.25, 0.3) is 0 Å². The average molecular weight is 363 g/mol. The number of benzene rings is 3. The van der Waals surface area contributed by atoms with Crippen LogP contribution in [0, 0.1) is 0 Å². The van der Waals surface area contributed by atoms with E-state index in [0.717, 1.165) is 5.75 Å². The second-order valence-electron chi connectivity index (χ2n) is 5.71. The molecule has 0 saturated carbocycles. The van der Waals surface area contributed by atoms with Gasteiger partial charge in [-0.05, 0) is 79.7 Å². The number of methoxy groups -OCH3 is 1. The van der Waals surface area contributed by atoms with E-state index >= 15 is 0 Å². The minimum atomic E-state index is -0.183. The van der Waals surface area contributed by atoms with Crippen molar-refractivity contribution in [3.63, 3.8) is 0 Å². The van der Waals surface area contributed by atoms with E-state index in [1.54, 1.807) is 55.6 Å². The van der Waals surface area contributed by atoms with Crippen molar-refractivity contribution in [1.29, 1.82) is 0 Å². The number of carbonyl (C=O) groups is 1. The molecule has 3 aromatic rings. The number of hydrogen-bond acceptors (Lipinski definition) is 4. The van der Waals surface area contributed by atoms with Gasteiger partial charge < -0.3 is 19.5 Å². The standard InChI is InChI=1S/C22H21NO4/c1-3-26-19-12-14-21(15-13-19)27-20-10-6-17(7-11-20)23-22(24)16-4-8-18(25-2)9-5-16/h4-15H,3H2,1-2H3,(H,23,24). The highest BCUT2D eigenvalue weighted by molar-refractivity contribution is 6.04. The Morgan fingerprint density at radius 2 is 1.30 bits per heavy atom. The number of rotatable bonds is 7. The van der Waals surface area contributed by atoms with Gasteiger partial charge in [-0.25, -0.2) is 0 Å². The molecule has 1 amide bonds. The molecule has 0 aliphatic heterocycles. The molecule has 138 valence electrons. The number of amides is 1. The van der Waals surface area contributed by atoms with E-state index in [1.165, 1.54) is 0 Å². The highest BCUT2D eigenvalue weighted by Crippen LogP contribution is 2.25. The number of hydrogen-bond donors (Lipinski definition) is 1. The molecule has 0 aromatic heterocycles. The molecule has 3 rings (SSSR count). The fraction of sp³-hybridized carbons (Fsp3) is 0.136. The van der Waals surface area contributed by atoms with Gasteiger partial charge in [0, 0.05) is 11.3 Å². The van der Waals surface area contributed by atoms with Gasteiger partial charge in [0.1, 0.15) is 23.0 Å². The molecule has 0 heterocycles. The summed E-state index contributed by atoms with van der Waals surface area (Å²) in [7, 11) is 1.59. The zero-order valence-electron chi connectivity index (χ0n) is 15.3. The van der Waals surface area contributed by atoms with Crippen LogP contribution in [0.1, 0.15) is 17.3 Å². The molecule has 5 heteroatoms. The molecule has 0 unspecified atom stereocenters. The van der Waals surface area contributed by atoms with Crippen LogP contribution in [-0.4, -0.2) is 19.6 Å². The largest absolute Gasteiger partial charge is 0.497 e. The molecule has 5 nitrogen and oxygen atoms in total. The third-order valence-corrected chi connectivity index (χ3v) is 3.83. The molecule has 0 bridgehead atoms. The summed E-state index contributed by atoms with van der Waals surface area (Å²) in [6, 6.07) is 21.6. The summed E-state index contributed by atoms with van der Waals surface area (Å²) in [6.07, 6.45) is 0. The van der Waals surface area contributed by atoms with Gasteiger partial charge >= 0.3 is 0 Å². The van der Waals surface area contributed by atoms with E-state index in [-0.39, 0.29) is 5.91 Å². The Bertz CT molecular complexity index is 872. The van der Waals surface area contributed by atoms with Crippen molar-refractivity contribution >= 4 is 11.6 Å². The van der Waals surface area contributed by atoms with E-state index in [9.17, 15) is 4.79 Å². The van der Waals surface area contributed by atoms with Crippen LogP contribution < -0.4 is 19.5 Å². The Balaban J connectivity index is 1.60. The van der Waals surface area contributed by atoms with Gasteiger partial charge in [-0.1, -0.05) is 0 Å². The highest BCUT2D eigenvalue weighted by atomic mass is 16.5. The SMILES string of the molecule is CCOc1ccc(Oc2ccc(NC(=O)c3ccc(OC)cc3)cc2)cc1. The van der Waals surface area contributed by atoms with E-state index in [1.807, 2.05) is 31.2 Å². The average Bonchev–Trinajstić information content (AvgIpc) is 2.71. The van der Waals surface area contributed by atoms with Crippen molar-refractivity contribution in [1.82, 2.24) is 0 Å². The predicted molar refractivity (Wildman–Crippen MR) is 105 cm³/mol.